The summed E-state index contributed by atoms with van der Waals surface area (Å²) in [6, 6.07) is 0. The van der Waals surface area contributed by atoms with Crippen LogP contribution in [0.15, 0.2) is 0 Å². The van der Waals surface area contributed by atoms with Crippen LogP contribution in [0.25, 0.3) is 0 Å². The van der Waals surface area contributed by atoms with Crippen LogP contribution in [-0.4, -0.2) is 18.0 Å². The molecule has 1 aliphatic carbocycles. The van der Waals surface area contributed by atoms with Gasteiger partial charge in [-0.25, -0.2) is 0 Å². The van der Waals surface area contributed by atoms with Crippen LogP contribution in [0.1, 0.15) is 45.4 Å². The minimum atomic E-state index is -0.535. The predicted molar refractivity (Wildman–Crippen MR) is 48.8 cm³/mol. The lowest BCUT2D eigenvalue weighted by Crippen LogP contribution is -2.19. The maximum atomic E-state index is 9.17. The topological polar surface area (TPSA) is 29.5 Å². The third-order valence-corrected chi connectivity index (χ3v) is 2.60. The number of hydrogen-bond acceptors (Lipinski definition) is 2. The van der Waals surface area contributed by atoms with E-state index in [9.17, 15) is 0 Å². The molecule has 12 heavy (non-hydrogen) atoms. The number of aliphatic hydroxyl groups excluding tert-OH is 1. The first-order valence-corrected chi connectivity index (χ1v) is 5.12. The zero-order valence-corrected chi connectivity index (χ0v) is 7.96. The van der Waals surface area contributed by atoms with Crippen molar-refractivity contribution in [3.8, 4) is 0 Å². The average Bonchev–Trinajstić information content (AvgIpc) is 2.16. The van der Waals surface area contributed by atoms with Gasteiger partial charge >= 0.3 is 0 Å². The largest absolute Gasteiger partial charge is 0.368 e. The SMILES string of the molecule is CCC(O)OCC1CCCCC1. The predicted octanol–water partition coefficient (Wildman–Crippen LogP) is 2.31. The van der Waals surface area contributed by atoms with Crippen LogP contribution in [-0.2, 0) is 4.74 Å². The lowest BCUT2D eigenvalue weighted by Gasteiger charge is -2.22. The Labute approximate surface area is 74.9 Å². The Kier molecular flexibility index (Phi) is 4.62. The van der Waals surface area contributed by atoms with E-state index in [0.717, 1.165) is 6.61 Å². The molecule has 1 atom stereocenters. The van der Waals surface area contributed by atoms with E-state index in [2.05, 4.69) is 0 Å². The minimum absolute atomic E-state index is 0.535. The van der Waals surface area contributed by atoms with Gasteiger partial charge in [-0.3, -0.25) is 0 Å². The summed E-state index contributed by atoms with van der Waals surface area (Å²) in [5.74, 6) is 0.708. The molecule has 0 aliphatic heterocycles. The molecular weight excluding hydrogens is 152 g/mol. The number of rotatable bonds is 4. The molecule has 0 aromatic heterocycles. The van der Waals surface area contributed by atoms with Gasteiger partial charge in [0, 0.05) is 0 Å². The second kappa shape index (κ2) is 5.55. The standard InChI is InChI=1S/C10H20O2/c1-2-10(11)12-8-9-6-4-3-5-7-9/h9-11H,2-8H2,1H3. The average molecular weight is 172 g/mol. The van der Waals surface area contributed by atoms with Gasteiger partial charge in [0.2, 0.25) is 0 Å². The van der Waals surface area contributed by atoms with Crippen molar-refractivity contribution in [2.45, 2.75) is 51.7 Å². The van der Waals surface area contributed by atoms with Crippen molar-refractivity contribution in [2.24, 2.45) is 5.92 Å². The molecule has 1 fully saturated rings. The molecular formula is C10H20O2. The van der Waals surface area contributed by atoms with Crippen LogP contribution < -0.4 is 0 Å². The van der Waals surface area contributed by atoms with Gasteiger partial charge in [-0.05, 0) is 25.2 Å². The Morgan fingerprint density at radius 3 is 2.58 bits per heavy atom. The van der Waals surface area contributed by atoms with Gasteiger partial charge in [-0.15, -0.1) is 0 Å². The van der Waals surface area contributed by atoms with Crippen LogP contribution in [0, 0.1) is 5.92 Å². The van der Waals surface area contributed by atoms with Crippen molar-refractivity contribution in [1.82, 2.24) is 0 Å². The van der Waals surface area contributed by atoms with Crippen LogP contribution in [0.4, 0.5) is 0 Å². The van der Waals surface area contributed by atoms with Crippen molar-refractivity contribution in [3.05, 3.63) is 0 Å². The van der Waals surface area contributed by atoms with E-state index >= 15 is 0 Å². The van der Waals surface area contributed by atoms with Crippen molar-refractivity contribution in [2.75, 3.05) is 6.61 Å². The quantitative estimate of drug-likeness (QED) is 0.659. The molecule has 0 bridgehead atoms. The van der Waals surface area contributed by atoms with E-state index in [1.807, 2.05) is 6.92 Å². The van der Waals surface area contributed by atoms with Gasteiger partial charge in [0.25, 0.3) is 0 Å². The van der Waals surface area contributed by atoms with Gasteiger partial charge < -0.3 is 9.84 Å². The van der Waals surface area contributed by atoms with Crippen LogP contribution in [0.3, 0.4) is 0 Å². The summed E-state index contributed by atoms with van der Waals surface area (Å²) in [5.41, 5.74) is 0. The molecule has 0 aromatic carbocycles. The first kappa shape index (κ1) is 10.0. The Balaban J connectivity index is 2.05. The first-order valence-electron chi connectivity index (χ1n) is 5.12. The van der Waals surface area contributed by atoms with Crippen molar-refractivity contribution in [3.63, 3.8) is 0 Å². The van der Waals surface area contributed by atoms with Crippen LogP contribution in [0.2, 0.25) is 0 Å². The molecule has 0 radical (unpaired) electrons. The molecule has 0 spiro atoms. The molecule has 1 N–H and O–H groups in total. The van der Waals surface area contributed by atoms with Gasteiger partial charge in [0.05, 0.1) is 6.61 Å². The highest BCUT2D eigenvalue weighted by atomic mass is 16.6. The summed E-state index contributed by atoms with van der Waals surface area (Å²) in [6.07, 6.45) is 6.81. The third kappa shape index (κ3) is 3.55. The summed E-state index contributed by atoms with van der Waals surface area (Å²) in [7, 11) is 0. The molecule has 0 heterocycles. The zero-order chi connectivity index (χ0) is 8.81. The molecule has 2 heteroatoms. The summed E-state index contributed by atoms with van der Waals surface area (Å²) in [5, 5.41) is 9.17. The van der Waals surface area contributed by atoms with Crippen molar-refractivity contribution in [1.29, 1.82) is 0 Å². The van der Waals surface area contributed by atoms with E-state index in [-0.39, 0.29) is 0 Å². The second-order valence-electron chi connectivity index (χ2n) is 3.70. The first-order chi connectivity index (χ1) is 5.83. The lowest BCUT2D eigenvalue weighted by molar-refractivity contribution is -0.113. The van der Waals surface area contributed by atoms with E-state index < -0.39 is 6.29 Å². The van der Waals surface area contributed by atoms with Gasteiger partial charge in [-0.1, -0.05) is 26.2 Å². The molecule has 2 nitrogen and oxygen atoms in total. The molecule has 1 unspecified atom stereocenters. The van der Waals surface area contributed by atoms with Crippen molar-refractivity contribution < 1.29 is 9.84 Å². The summed E-state index contributed by atoms with van der Waals surface area (Å²) < 4.78 is 5.29. The maximum Gasteiger partial charge on any atom is 0.154 e. The van der Waals surface area contributed by atoms with Crippen LogP contribution >= 0.6 is 0 Å². The van der Waals surface area contributed by atoms with Gasteiger partial charge in [0.15, 0.2) is 6.29 Å². The highest BCUT2D eigenvalue weighted by Gasteiger charge is 2.14. The molecule has 0 amide bonds. The highest BCUT2D eigenvalue weighted by molar-refractivity contribution is 4.64. The van der Waals surface area contributed by atoms with Crippen molar-refractivity contribution >= 4 is 0 Å². The molecule has 0 aromatic rings. The molecule has 1 aliphatic rings. The smallest absolute Gasteiger partial charge is 0.154 e. The lowest BCUT2D eigenvalue weighted by atomic mass is 9.90. The Morgan fingerprint density at radius 2 is 2.00 bits per heavy atom. The zero-order valence-electron chi connectivity index (χ0n) is 7.96. The third-order valence-electron chi connectivity index (χ3n) is 2.60. The summed E-state index contributed by atoms with van der Waals surface area (Å²) in [6.45, 7) is 2.69. The summed E-state index contributed by atoms with van der Waals surface area (Å²) >= 11 is 0. The molecule has 0 saturated heterocycles. The molecule has 72 valence electrons. The summed E-state index contributed by atoms with van der Waals surface area (Å²) in [4.78, 5) is 0. The fourth-order valence-electron chi connectivity index (χ4n) is 1.72. The highest BCUT2D eigenvalue weighted by Crippen LogP contribution is 2.23. The van der Waals surface area contributed by atoms with E-state index in [0.29, 0.717) is 12.3 Å². The number of ether oxygens (including phenoxy) is 1. The van der Waals surface area contributed by atoms with E-state index in [4.69, 9.17) is 9.84 Å². The van der Waals surface area contributed by atoms with Gasteiger partial charge in [-0.2, -0.15) is 0 Å². The Morgan fingerprint density at radius 1 is 1.33 bits per heavy atom. The Hall–Kier alpha value is -0.0800. The van der Waals surface area contributed by atoms with E-state index in [1.165, 1.54) is 32.1 Å². The molecule has 1 rings (SSSR count). The maximum absolute atomic E-state index is 9.17. The molecule has 1 saturated carbocycles. The van der Waals surface area contributed by atoms with Gasteiger partial charge in [0.1, 0.15) is 0 Å². The number of aliphatic hydroxyl groups is 1. The number of hydrogen-bond donors (Lipinski definition) is 1. The minimum Gasteiger partial charge on any atom is -0.368 e. The fraction of sp³-hybridized carbons (Fsp3) is 1.00. The normalized spacial score (nSPS) is 22.5. The van der Waals surface area contributed by atoms with Crippen LogP contribution in [0.5, 0.6) is 0 Å². The monoisotopic (exact) mass is 172 g/mol. The second-order valence-corrected chi connectivity index (χ2v) is 3.70. The fourth-order valence-corrected chi connectivity index (χ4v) is 1.72. The van der Waals surface area contributed by atoms with E-state index in [1.54, 1.807) is 0 Å². The Bertz CT molecular complexity index is 108.